The first-order valence-electron chi connectivity index (χ1n) is 9.94. The fourth-order valence-electron chi connectivity index (χ4n) is 3.87. The first-order valence-corrected chi connectivity index (χ1v) is 9.94. The van der Waals surface area contributed by atoms with Crippen LogP contribution in [0.5, 0.6) is 0 Å². The highest BCUT2D eigenvalue weighted by Gasteiger charge is 2.21. The molecule has 3 aromatic carbocycles. The summed E-state index contributed by atoms with van der Waals surface area (Å²) in [6.45, 7) is 5.29. The molecule has 0 aliphatic carbocycles. The number of amides is 1. The minimum absolute atomic E-state index is 0.147. The van der Waals surface area contributed by atoms with E-state index in [9.17, 15) is 4.79 Å². The van der Waals surface area contributed by atoms with Gasteiger partial charge in [-0.2, -0.15) is 0 Å². The fraction of sp³-hybridized carbons (Fsp3) is 0.292. The molecular formula is C24H27N3O. The third-order valence-electron chi connectivity index (χ3n) is 5.62. The fourth-order valence-corrected chi connectivity index (χ4v) is 3.87. The highest BCUT2D eigenvalue weighted by molar-refractivity contribution is 5.94. The Kier molecular flexibility index (Phi) is 5.70. The molecule has 1 heterocycles. The van der Waals surface area contributed by atoms with Gasteiger partial charge in [-0.05, 0) is 28.5 Å². The number of para-hydroxylation sites is 1. The number of carbonyl (C=O) groups is 1. The molecule has 0 saturated carbocycles. The number of rotatable bonds is 5. The lowest BCUT2D eigenvalue weighted by Gasteiger charge is -2.35. The van der Waals surface area contributed by atoms with Crippen molar-refractivity contribution in [3.05, 3.63) is 78.4 Å². The molecule has 0 unspecified atom stereocenters. The van der Waals surface area contributed by atoms with Crippen LogP contribution in [0.4, 0.5) is 5.69 Å². The predicted octanol–water partition coefficient (Wildman–Crippen LogP) is 3.62. The van der Waals surface area contributed by atoms with E-state index in [1.807, 2.05) is 37.4 Å². The molecule has 3 aromatic rings. The minimum Gasteiger partial charge on any atom is -0.314 e. The molecule has 28 heavy (non-hydrogen) atoms. The second kappa shape index (κ2) is 8.55. The molecule has 144 valence electrons. The van der Waals surface area contributed by atoms with Crippen molar-refractivity contribution in [2.75, 3.05) is 44.7 Å². The van der Waals surface area contributed by atoms with Gasteiger partial charge in [0.1, 0.15) is 0 Å². The maximum atomic E-state index is 12.6. The number of piperazine rings is 1. The van der Waals surface area contributed by atoms with Gasteiger partial charge in [-0.1, -0.05) is 60.7 Å². The molecular weight excluding hydrogens is 346 g/mol. The first-order chi connectivity index (χ1) is 13.7. The molecule has 0 spiro atoms. The van der Waals surface area contributed by atoms with Gasteiger partial charge in [0.25, 0.3) is 0 Å². The SMILES string of the molecule is CN(C(=O)CN1CCN(Cc2cccc3ccccc23)CC1)c1ccccc1. The summed E-state index contributed by atoms with van der Waals surface area (Å²) in [5.41, 5.74) is 2.33. The maximum absolute atomic E-state index is 12.6. The van der Waals surface area contributed by atoms with Crippen molar-refractivity contribution in [3.8, 4) is 0 Å². The van der Waals surface area contributed by atoms with Crippen LogP contribution >= 0.6 is 0 Å². The third kappa shape index (κ3) is 4.24. The van der Waals surface area contributed by atoms with Gasteiger partial charge in [-0.25, -0.2) is 0 Å². The lowest BCUT2D eigenvalue weighted by atomic mass is 10.0. The number of hydrogen-bond donors (Lipinski definition) is 0. The highest BCUT2D eigenvalue weighted by Crippen LogP contribution is 2.20. The molecule has 0 radical (unpaired) electrons. The maximum Gasteiger partial charge on any atom is 0.240 e. The number of hydrogen-bond acceptors (Lipinski definition) is 3. The smallest absolute Gasteiger partial charge is 0.240 e. The molecule has 0 aromatic heterocycles. The van der Waals surface area contributed by atoms with Crippen LogP contribution < -0.4 is 4.90 Å². The Morgan fingerprint density at radius 1 is 0.821 bits per heavy atom. The molecule has 0 N–H and O–H groups in total. The number of nitrogens with zero attached hydrogens (tertiary/aromatic N) is 3. The van der Waals surface area contributed by atoms with E-state index in [0.29, 0.717) is 6.54 Å². The van der Waals surface area contributed by atoms with Crippen LogP contribution in [-0.4, -0.2) is 55.5 Å². The Balaban J connectivity index is 1.31. The second-order valence-electron chi connectivity index (χ2n) is 7.48. The van der Waals surface area contributed by atoms with Gasteiger partial charge >= 0.3 is 0 Å². The van der Waals surface area contributed by atoms with Crippen molar-refractivity contribution in [1.82, 2.24) is 9.80 Å². The molecule has 0 bridgehead atoms. The van der Waals surface area contributed by atoms with Crippen LogP contribution in [0, 0.1) is 0 Å². The number of carbonyl (C=O) groups excluding carboxylic acids is 1. The van der Waals surface area contributed by atoms with Crippen LogP contribution in [0.2, 0.25) is 0 Å². The zero-order valence-electron chi connectivity index (χ0n) is 16.4. The average molecular weight is 374 g/mol. The monoisotopic (exact) mass is 373 g/mol. The molecule has 4 nitrogen and oxygen atoms in total. The van der Waals surface area contributed by atoms with E-state index in [-0.39, 0.29) is 5.91 Å². The number of benzene rings is 3. The van der Waals surface area contributed by atoms with Crippen molar-refractivity contribution < 1.29 is 4.79 Å². The summed E-state index contributed by atoms with van der Waals surface area (Å²) in [5.74, 6) is 0.147. The Morgan fingerprint density at radius 2 is 1.46 bits per heavy atom. The number of anilines is 1. The number of likely N-dealkylation sites (N-methyl/N-ethyl adjacent to an activating group) is 1. The topological polar surface area (TPSA) is 26.8 Å². The van der Waals surface area contributed by atoms with Gasteiger partial charge in [-0.15, -0.1) is 0 Å². The van der Waals surface area contributed by atoms with E-state index in [2.05, 4.69) is 52.3 Å². The molecule has 4 rings (SSSR count). The number of fused-ring (bicyclic) bond motifs is 1. The summed E-state index contributed by atoms with van der Waals surface area (Å²) >= 11 is 0. The van der Waals surface area contributed by atoms with E-state index in [1.165, 1.54) is 16.3 Å². The van der Waals surface area contributed by atoms with E-state index >= 15 is 0 Å². The van der Waals surface area contributed by atoms with Gasteiger partial charge in [0, 0.05) is 45.5 Å². The first kappa shape index (κ1) is 18.7. The Morgan fingerprint density at radius 3 is 2.25 bits per heavy atom. The van der Waals surface area contributed by atoms with E-state index < -0.39 is 0 Å². The van der Waals surface area contributed by atoms with E-state index in [1.54, 1.807) is 4.90 Å². The third-order valence-corrected chi connectivity index (χ3v) is 5.62. The van der Waals surface area contributed by atoms with Crippen LogP contribution in [0.1, 0.15) is 5.56 Å². The molecule has 1 aliphatic rings. The predicted molar refractivity (Wildman–Crippen MR) is 116 cm³/mol. The standard InChI is InChI=1S/C24H27N3O/c1-25(22-11-3-2-4-12-22)24(28)19-27-16-14-26(15-17-27)18-21-10-7-9-20-8-5-6-13-23(20)21/h2-13H,14-19H2,1H3. The lowest BCUT2D eigenvalue weighted by Crippen LogP contribution is -2.49. The van der Waals surface area contributed by atoms with E-state index in [0.717, 1.165) is 38.4 Å². The van der Waals surface area contributed by atoms with Crippen LogP contribution in [0.15, 0.2) is 72.8 Å². The highest BCUT2D eigenvalue weighted by atomic mass is 16.2. The van der Waals surface area contributed by atoms with Crippen molar-refractivity contribution in [3.63, 3.8) is 0 Å². The zero-order valence-corrected chi connectivity index (χ0v) is 16.4. The van der Waals surface area contributed by atoms with Crippen molar-refractivity contribution in [2.45, 2.75) is 6.54 Å². The summed E-state index contributed by atoms with van der Waals surface area (Å²) in [7, 11) is 1.86. The van der Waals surface area contributed by atoms with E-state index in [4.69, 9.17) is 0 Å². The van der Waals surface area contributed by atoms with Gasteiger partial charge in [0.2, 0.25) is 5.91 Å². The Bertz CT molecular complexity index is 927. The minimum atomic E-state index is 0.147. The molecule has 0 atom stereocenters. The quantitative estimate of drug-likeness (QED) is 0.683. The van der Waals surface area contributed by atoms with Crippen LogP contribution in [-0.2, 0) is 11.3 Å². The van der Waals surface area contributed by atoms with Crippen molar-refractivity contribution in [2.24, 2.45) is 0 Å². The van der Waals surface area contributed by atoms with Gasteiger partial charge in [0.05, 0.1) is 6.54 Å². The second-order valence-corrected chi connectivity index (χ2v) is 7.48. The average Bonchev–Trinajstić information content (AvgIpc) is 2.75. The van der Waals surface area contributed by atoms with Crippen LogP contribution in [0.3, 0.4) is 0 Å². The largest absolute Gasteiger partial charge is 0.314 e. The molecule has 1 saturated heterocycles. The van der Waals surface area contributed by atoms with Gasteiger partial charge in [-0.3, -0.25) is 14.6 Å². The molecule has 1 fully saturated rings. The molecule has 4 heteroatoms. The Labute approximate surface area is 167 Å². The summed E-state index contributed by atoms with van der Waals surface area (Å²) in [4.78, 5) is 19.1. The van der Waals surface area contributed by atoms with Crippen LogP contribution in [0.25, 0.3) is 10.8 Å². The summed E-state index contributed by atoms with van der Waals surface area (Å²) in [6.07, 6.45) is 0. The lowest BCUT2D eigenvalue weighted by molar-refractivity contribution is -0.119. The molecule has 1 aliphatic heterocycles. The zero-order chi connectivity index (χ0) is 19.3. The van der Waals surface area contributed by atoms with Crippen molar-refractivity contribution >= 4 is 22.4 Å². The van der Waals surface area contributed by atoms with Crippen molar-refractivity contribution in [1.29, 1.82) is 0 Å². The van der Waals surface area contributed by atoms with Gasteiger partial charge in [0.15, 0.2) is 0 Å². The normalized spacial score (nSPS) is 15.6. The van der Waals surface area contributed by atoms with Gasteiger partial charge < -0.3 is 4.90 Å². The summed E-state index contributed by atoms with van der Waals surface area (Å²) in [5, 5.41) is 2.64. The Hall–Kier alpha value is -2.69. The molecule has 1 amide bonds. The summed E-state index contributed by atoms with van der Waals surface area (Å²) in [6, 6.07) is 25.0. The summed E-state index contributed by atoms with van der Waals surface area (Å²) < 4.78 is 0.